The van der Waals surface area contributed by atoms with Crippen LogP contribution >= 0.6 is 0 Å². The summed E-state index contributed by atoms with van der Waals surface area (Å²) in [5, 5.41) is 3.17. The molecule has 0 aliphatic rings. The Morgan fingerprint density at radius 1 is 1.30 bits per heavy atom. The summed E-state index contributed by atoms with van der Waals surface area (Å²) in [5.74, 6) is -0.284. The number of carbonyl (C=O) groups is 1. The topological polar surface area (TPSA) is 64.1 Å². The predicted molar refractivity (Wildman–Crippen MR) is 74.7 cm³/mol. The molecular weight excluding hydrogens is 254 g/mol. The van der Waals surface area contributed by atoms with Crippen molar-refractivity contribution in [3.8, 4) is 0 Å². The van der Waals surface area contributed by atoms with Crippen molar-refractivity contribution in [1.82, 2.24) is 15.3 Å². The Kier molecular flexibility index (Phi) is 5.20. The molecular formula is C15H17N3O2. The van der Waals surface area contributed by atoms with Gasteiger partial charge in [0.1, 0.15) is 12.4 Å². The first-order valence-electron chi connectivity index (χ1n) is 6.51. The number of aromatic nitrogens is 2. The van der Waals surface area contributed by atoms with Gasteiger partial charge in [-0.2, -0.15) is 0 Å². The highest BCUT2D eigenvalue weighted by molar-refractivity contribution is 5.77. The van der Waals surface area contributed by atoms with Crippen LogP contribution < -0.4 is 5.32 Å². The standard InChI is InChI=1S/C15H17N3O2/c1-2-20-15(19)14(12-6-4-3-5-7-12)17-10-13-8-9-16-11-18-13/h3-9,11,14,17H,2,10H2,1H3. The molecule has 1 atom stereocenters. The Morgan fingerprint density at radius 3 is 2.75 bits per heavy atom. The second-order valence-corrected chi connectivity index (χ2v) is 4.18. The summed E-state index contributed by atoms with van der Waals surface area (Å²) < 4.78 is 5.11. The van der Waals surface area contributed by atoms with E-state index in [1.165, 1.54) is 6.33 Å². The zero-order valence-electron chi connectivity index (χ0n) is 11.3. The second-order valence-electron chi connectivity index (χ2n) is 4.18. The molecule has 0 saturated carbocycles. The summed E-state index contributed by atoms with van der Waals surface area (Å²) in [4.78, 5) is 20.0. The lowest BCUT2D eigenvalue weighted by atomic mass is 10.1. The van der Waals surface area contributed by atoms with E-state index in [1.807, 2.05) is 30.3 Å². The van der Waals surface area contributed by atoms with Crippen LogP contribution in [0.2, 0.25) is 0 Å². The molecule has 1 heterocycles. The van der Waals surface area contributed by atoms with Crippen molar-refractivity contribution in [1.29, 1.82) is 0 Å². The number of nitrogens with one attached hydrogen (secondary N) is 1. The fourth-order valence-corrected chi connectivity index (χ4v) is 1.84. The van der Waals surface area contributed by atoms with Crippen molar-refractivity contribution < 1.29 is 9.53 Å². The number of nitrogens with zero attached hydrogens (tertiary/aromatic N) is 2. The molecule has 104 valence electrons. The van der Waals surface area contributed by atoms with Gasteiger partial charge in [0.2, 0.25) is 0 Å². The molecule has 5 heteroatoms. The molecule has 0 fully saturated rings. The minimum Gasteiger partial charge on any atom is -0.465 e. The van der Waals surface area contributed by atoms with Gasteiger partial charge in [0.25, 0.3) is 0 Å². The van der Waals surface area contributed by atoms with Gasteiger partial charge in [0.15, 0.2) is 0 Å². The molecule has 2 rings (SSSR count). The number of hydrogen-bond acceptors (Lipinski definition) is 5. The first-order chi connectivity index (χ1) is 9.81. The van der Waals surface area contributed by atoms with Crippen molar-refractivity contribution in [2.24, 2.45) is 0 Å². The molecule has 0 radical (unpaired) electrons. The van der Waals surface area contributed by atoms with Gasteiger partial charge in [-0.3, -0.25) is 5.32 Å². The molecule has 0 saturated heterocycles. The van der Waals surface area contributed by atoms with Gasteiger partial charge in [-0.15, -0.1) is 0 Å². The lowest BCUT2D eigenvalue weighted by molar-refractivity contribution is -0.145. The van der Waals surface area contributed by atoms with E-state index in [9.17, 15) is 4.79 Å². The van der Waals surface area contributed by atoms with Crippen LogP contribution in [0.15, 0.2) is 48.9 Å². The largest absolute Gasteiger partial charge is 0.465 e. The molecule has 0 aliphatic heterocycles. The smallest absolute Gasteiger partial charge is 0.327 e. The third-order valence-corrected chi connectivity index (χ3v) is 2.79. The molecule has 1 aromatic heterocycles. The summed E-state index contributed by atoms with van der Waals surface area (Å²) in [7, 11) is 0. The molecule has 1 N–H and O–H groups in total. The maximum Gasteiger partial charge on any atom is 0.327 e. The Morgan fingerprint density at radius 2 is 2.10 bits per heavy atom. The maximum absolute atomic E-state index is 12.0. The van der Waals surface area contributed by atoms with Crippen LogP contribution in [0.25, 0.3) is 0 Å². The molecule has 20 heavy (non-hydrogen) atoms. The Labute approximate surface area is 118 Å². The quantitative estimate of drug-likeness (QED) is 0.813. The minimum absolute atomic E-state index is 0.284. The number of ether oxygens (including phenoxy) is 1. The highest BCUT2D eigenvalue weighted by atomic mass is 16.5. The van der Waals surface area contributed by atoms with E-state index in [0.717, 1.165) is 11.3 Å². The first-order valence-corrected chi connectivity index (χ1v) is 6.51. The molecule has 0 bridgehead atoms. The lowest BCUT2D eigenvalue weighted by Crippen LogP contribution is -2.30. The highest BCUT2D eigenvalue weighted by Gasteiger charge is 2.21. The first kappa shape index (κ1) is 14.1. The Hall–Kier alpha value is -2.27. The third-order valence-electron chi connectivity index (χ3n) is 2.79. The average Bonchev–Trinajstić information content (AvgIpc) is 2.50. The van der Waals surface area contributed by atoms with Gasteiger partial charge < -0.3 is 4.74 Å². The molecule has 0 amide bonds. The number of carbonyl (C=O) groups excluding carboxylic acids is 1. The number of benzene rings is 1. The zero-order valence-corrected chi connectivity index (χ0v) is 11.3. The summed E-state index contributed by atoms with van der Waals surface area (Å²) in [5.41, 5.74) is 1.70. The van der Waals surface area contributed by atoms with Gasteiger partial charge >= 0.3 is 5.97 Å². The lowest BCUT2D eigenvalue weighted by Gasteiger charge is -2.17. The number of esters is 1. The van der Waals surface area contributed by atoms with Crippen LogP contribution in [-0.2, 0) is 16.1 Å². The van der Waals surface area contributed by atoms with E-state index in [4.69, 9.17) is 4.74 Å². The van der Waals surface area contributed by atoms with Crippen LogP contribution in [0, 0.1) is 0 Å². The number of hydrogen-bond donors (Lipinski definition) is 1. The van der Waals surface area contributed by atoms with Crippen LogP contribution in [0.1, 0.15) is 24.2 Å². The van der Waals surface area contributed by atoms with Crippen molar-refractivity contribution in [2.45, 2.75) is 19.5 Å². The highest BCUT2D eigenvalue weighted by Crippen LogP contribution is 2.15. The fraction of sp³-hybridized carbons (Fsp3) is 0.267. The van der Waals surface area contributed by atoms with Crippen LogP contribution in [0.4, 0.5) is 0 Å². The van der Waals surface area contributed by atoms with Gasteiger partial charge in [-0.1, -0.05) is 30.3 Å². The number of rotatable bonds is 6. The van der Waals surface area contributed by atoms with Crippen molar-refractivity contribution in [2.75, 3.05) is 6.61 Å². The molecule has 0 spiro atoms. The second kappa shape index (κ2) is 7.35. The Bertz CT molecular complexity index is 531. The molecule has 1 aromatic carbocycles. The van der Waals surface area contributed by atoms with Gasteiger partial charge in [0, 0.05) is 12.7 Å². The van der Waals surface area contributed by atoms with Crippen LogP contribution in [-0.4, -0.2) is 22.5 Å². The molecule has 5 nitrogen and oxygen atoms in total. The molecule has 1 unspecified atom stereocenters. The average molecular weight is 271 g/mol. The summed E-state index contributed by atoms with van der Waals surface area (Å²) in [6.45, 7) is 2.63. The van der Waals surface area contributed by atoms with Crippen molar-refractivity contribution in [3.05, 3.63) is 60.2 Å². The fourth-order valence-electron chi connectivity index (χ4n) is 1.84. The van der Waals surface area contributed by atoms with Crippen LogP contribution in [0.3, 0.4) is 0 Å². The Balaban J connectivity index is 2.09. The van der Waals surface area contributed by atoms with Gasteiger partial charge in [-0.25, -0.2) is 14.8 Å². The monoisotopic (exact) mass is 271 g/mol. The van der Waals surface area contributed by atoms with E-state index in [0.29, 0.717) is 13.2 Å². The van der Waals surface area contributed by atoms with E-state index >= 15 is 0 Å². The summed E-state index contributed by atoms with van der Waals surface area (Å²) >= 11 is 0. The zero-order chi connectivity index (χ0) is 14.2. The van der Waals surface area contributed by atoms with Gasteiger partial charge in [-0.05, 0) is 18.6 Å². The summed E-state index contributed by atoms with van der Waals surface area (Å²) in [6.07, 6.45) is 3.16. The minimum atomic E-state index is -0.494. The molecule has 0 aliphatic carbocycles. The van der Waals surface area contributed by atoms with Crippen molar-refractivity contribution >= 4 is 5.97 Å². The summed E-state index contributed by atoms with van der Waals surface area (Å²) in [6, 6.07) is 10.8. The van der Waals surface area contributed by atoms with E-state index in [2.05, 4.69) is 15.3 Å². The van der Waals surface area contributed by atoms with E-state index < -0.39 is 6.04 Å². The van der Waals surface area contributed by atoms with E-state index in [-0.39, 0.29) is 5.97 Å². The molecule has 2 aromatic rings. The SMILES string of the molecule is CCOC(=O)C(NCc1ccncn1)c1ccccc1. The maximum atomic E-state index is 12.0. The van der Waals surface area contributed by atoms with E-state index in [1.54, 1.807) is 19.2 Å². The van der Waals surface area contributed by atoms with Crippen molar-refractivity contribution in [3.63, 3.8) is 0 Å². The predicted octanol–water partition coefficient (Wildman–Crippen LogP) is 1.87. The third kappa shape index (κ3) is 3.86. The van der Waals surface area contributed by atoms with Crippen LogP contribution in [0.5, 0.6) is 0 Å². The normalized spacial score (nSPS) is 11.8. The van der Waals surface area contributed by atoms with Gasteiger partial charge in [0.05, 0.1) is 12.3 Å².